The maximum Gasteiger partial charge on any atom is 0.317 e. The molecule has 1 aliphatic rings. The molecule has 2 heterocycles. The molecule has 1 aliphatic heterocycles. The molecule has 3 amide bonds. The topological polar surface area (TPSA) is 52.7 Å². The van der Waals surface area contributed by atoms with Crippen LogP contribution in [0.15, 0.2) is 17.5 Å². The number of carbonyl (C=O) groups is 2. The Bertz CT molecular complexity index is 488. The summed E-state index contributed by atoms with van der Waals surface area (Å²) in [6.45, 7) is 7.53. The zero-order valence-electron chi connectivity index (χ0n) is 13.4. The van der Waals surface area contributed by atoms with Gasteiger partial charge in [0.2, 0.25) is 5.91 Å². The Morgan fingerprint density at radius 2 is 1.95 bits per heavy atom. The molecule has 0 bridgehead atoms. The van der Waals surface area contributed by atoms with Gasteiger partial charge in [-0.15, -0.1) is 11.3 Å². The van der Waals surface area contributed by atoms with E-state index in [1.54, 1.807) is 11.3 Å². The summed E-state index contributed by atoms with van der Waals surface area (Å²) in [6.07, 6.45) is 1.31. The molecular formula is C16H25N3O2S. The summed E-state index contributed by atoms with van der Waals surface area (Å²) in [4.78, 5) is 29.2. The number of hydrogen-bond donors (Lipinski definition) is 1. The van der Waals surface area contributed by atoms with Crippen molar-refractivity contribution in [2.24, 2.45) is 5.92 Å². The highest BCUT2D eigenvalue weighted by atomic mass is 32.1. The predicted molar refractivity (Wildman–Crippen MR) is 89.0 cm³/mol. The van der Waals surface area contributed by atoms with Gasteiger partial charge in [-0.2, -0.15) is 0 Å². The van der Waals surface area contributed by atoms with Crippen molar-refractivity contribution in [3.63, 3.8) is 0 Å². The Balaban J connectivity index is 1.81. The summed E-state index contributed by atoms with van der Waals surface area (Å²) in [5.41, 5.74) is 0. The lowest BCUT2D eigenvalue weighted by atomic mass is 10.2. The minimum absolute atomic E-state index is 0.0127. The first-order valence-corrected chi connectivity index (χ1v) is 8.77. The fraction of sp³-hybridized carbons (Fsp3) is 0.625. The van der Waals surface area contributed by atoms with E-state index in [1.165, 1.54) is 0 Å². The molecule has 2 rings (SSSR count). The van der Waals surface area contributed by atoms with Crippen LogP contribution < -0.4 is 5.32 Å². The van der Waals surface area contributed by atoms with E-state index in [2.05, 4.69) is 19.2 Å². The molecule has 5 nitrogen and oxygen atoms in total. The Kier molecular flexibility index (Phi) is 6.24. The number of nitrogens with one attached hydrogen (secondary N) is 1. The normalized spacial score (nSPS) is 15.8. The van der Waals surface area contributed by atoms with Gasteiger partial charge in [0, 0.05) is 37.6 Å². The molecule has 1 fully saturated rings. The SMILES string of the molecule is CC(C)CNC(=O)N1CCCN(C(=O)Cc2cccs2)CC1. The van der Waals surface area contributed by atoms with Crippen molar-refractivity contribution in [1.29, 1.82) is 0 Å². The van der Waals surface area contributed by atoms with Gasteiger partial charge in [-0.1, -0.05) is 19.9 Å². The molecule has 22 heavy (non-hydrogen) atoms. The van der Waals surface area contributed by atoms with Gasteiger partial charge >= 0.3 is 6.03 Å². The van der Waals surface area contributed by atoms with Crippen LogP contribution in [0.3, 0.4) is 0 Å². The summed E-state index contributed by atoms with van der Waals surface area (Å²) in [5, 5.41) is 4.94. The van der Waals surface area contributed by atoms with E-state index in [4.69, 9.17) is 0 Å². The summed E-state index contributed by atoms with van der Waals surface area (Å²) >= 11 is 1.61. The van der Waals surface area contributed by atoms with Crippen molar-refractivity contribution in [2.75, 3.05) is 32.7 Å². The number of thiophene rings is 1. The Morgan fingerprint density at radius 3 is 2.64 bits per heavy atom. The fourth-order valence-electron chi connectivity index (χ4n) is 2.45. The largest absolute Gasteiger partial charge is 0.341 e. The van der Waals surface area contributed by atoms with Gasteiger partial charge < -0.3 is 15.1 Å². The summed E-state index contributed by atoms with van der Waals surface area (Å²) in [6, 6.07) is 3.95. The Hall–Kier alpha value is -1.56. The smallest absolute Gasteiger partial charge is 0.317 e. The molecule has 0 aromatic carbocycles. The van der Waals surface area contributed by atoms with Crippen LogP contribution in [-0.2, 0) is 11.2 Å². The average Bonchev–Trinajstić information content (AvgIpc) is 2.86. The van der Waals surface area contributed by atoms with Crippen molar-refractivity contribution in [3.8, 4) is 0 Å². The maximum absolute atomic E-state index is 12.3. The zero-order chi connectivity index (χ0) is 15.9. The average molecular weight is 323 g/mol. The number of amides is 3. The van der Waals surface area contributed by atoms with E-state index < -0.39 is 0 Å². The minimum atomic E-state index is -0.0127. The monoisotopic (exact) mass is 323 g/mol. The standard InChI is InChI=1S/C16H25N3O2S/c1-13(2)12-17-16(21)19-7-4-6-18(8-9-19)15(20)11-14-5-3-10-22-14/h3,5,10,13H,4,6-9,11-12H2,1-2H3,(H,17,21). The van der Waals surface area contributed by atoms with Crippen LogP contribution >= 0.6 is 11.3 Å². The third-order valence-electron chi connectivity index (χ3n) is 3.70. The van der Waals surface area contributed by atoms with Crippen LogP contribution in [0.5, 0.6) is 0 Å². The Labute approximate surface area is 136 Å². The van der Waals surface area contributed by atoms with E-state index in [0.29, 0.717) is 38.5 Å². The molecule has 0 radical (unpaired) electrons. The quantitative estimate of drug-likeness (QED) is 0.923. The van der Waals surface area contributed by atoms with Crippen LogP contribution in [0.1, 0.15) is 25.1 Å². The summed E-state index contributed by atoms with van der Waals surface area (Å²) in [5.74, 6) is 0.603. The zero-order valence-corrected chi connectivity index (χ0v) is 14.2. The molecule has 0 aliphatic carbocycles. The lowest BCUT2D eigenvalue weighted by Gasteiger charge is -2.22. The van der Waals surface area contributed by atoms with Crippen molar-refractivity contribution >= 4 is 23.3 Å². The Morgan fingerprint density at radius 1 is 1.23 bits per heavy atom. The maximum atomic E-state index is 12.3. The van der Waals surface area contributed by atoms with E-state index in [1.807, 2.05) is 27.3 Å². The van der Waals surface area contributed by atoms with Crippen LogP contribution in [0.2, 0.25) is 0 Å². The van der Waals surface area contributed by atoms with Gasteiger partial charge in [-0.25, -0.2) is 4.79 Å². The van der Waals surface area contributed by atoms with Crippen LogP contribution in [-0.4, -0.2) is 54.5 Å². The molecule has 122 valence electrons. The third-order valence-corrected chi connectivity index (χ3v) is 4.58. The van der Waals surface area contributed by atoms with Crippen molar-refractivity contribution in [3.05, 3.63) is 22.4 Å². The van der Waals surface area contributed by atoms with Gasteiger partial charge in [0.25, 0.3) is 0 Å². The minimum Gasteiger partial charge on any atom is -0.341 e. The van der Waals surface area contributed by atoms with Crippen LogP contribution in [0, 0.1) is 5.92 Å². The molecule has 0 saturated carbocycles. The molecule has 0 spiro atoms. The molecule has 0 atom stereocenters. The number of carbonyl (C=O) groups excluding carboxylic acids is 2. The van der Waals surface area contributed by atoms with Crippen LogP contribution in [0.25, 0.3) is 0 Å². The van der Waals surface area contributed by atoms with Gasteiger partial charge in [0.1, 0.15) is 0 Å². The number of hydrogen-bond acceptors (Lipinski definition) is 3. The van der Waals surface area contributed by atoms with Gasteiger partial charge in [0.05, 0.1) is 6.42 Å². The number of nitrogens with zero attached hydrogens (tertiary/aromatic N) is 2. The number of rotatable bonds is 4. The molecule has 1 saturated heterocycles. The molecule has 1 aromatic heterocycles. The molecule has 0 unspecified atom stereocenters. The molecule has 1 aromatic rings. The van der Waals surface area contributed by atoms with Crippen molar-refractivity contribution < 1.29 is 9.59 Å². The molecular weight excluding hydrogens is 298 g/mol. The summed E-state index contributed by atoms with van der Waals surface area (Å²) in [7, 11) is 0. The highest BCUT2D eigenvalue weighted by Crippen LogP contribution is 2.12. The van der Waals surface area contributed by atoms with E-state index in [-0.39, 0.29) is 11.9 Å². The van der Waals surface area contributed by atoms with E-state index in [9.17, 15) is 9.59 Å². The van der Waals surface area contributed by atoms with Crippen LogP contribution in [0.4, 0.5) is 4.79 Å². The van der Waals surface area contributed by atoms with Crippen molar-refractivity contribution in [1.82, 2.24) is 15.1 Å². The highest BCUT2D eigenvalue weighted by Gasteiger charge is 2.22. The highest BCUT2D eigenvalue weighted by molar-refractivity contribution is 7.10. The van der Waals surface area contributed by atoms with Gasteiger partial charge in [0.15, 0.2) is 0 Å². The second-order valence-corrected chi connectivity index (χ2v) is 7.09. The van der Waals surface area contributed by atoms with Gasteiger partial charge in [-0.3, -0.25) is 4.79 Å². The first-order valence-electron chi connectivity index (χ1n) is 7.89. The lowest BCUT2D eigenvalue weighted by molar-refractivity contribution is -0.130. The number of urea groups is 1. The third kappa shape index (κ3) is 5.02. The lowest BCUT2D eigenvalue weighted by Crippen LogP contribution is -2.43. The fourth-order valence-corrected chi connectivity index (χ4v) is 3.14. The predicted octanol–water partition coefficient (Wildman–Crippen LogP) is 2.19. The molecule has 6 heteroatoms. The molecule has 1 N–H and O–H groups in total. The second kappa shape index (κ2) is 8.17. The first-order chi connectivity index (χ1) is 10.6. The first kappa shape index (κ1) is 16.8. The van der Waals surface area contributed by atoms with E-state index in [0.717, 1.165) is 17.8 Å². The van der Waals surface area contributed by atoms with Crippen molar-refractivity contribution in [2.45, 2.75) is 26.7 Å². The van der Waals surface area contributed by atoms with Gasteiger partial charge in [-0.05, 0) is 23.8 Å². The second-order valence-electron chi connectivity index (χ2n) is 6.06. The summed E-state index contributed by atoms with van der Waals surface area (Å²) < 4.78 is 0. The van der Waals surface area contributed by atoms with E-state index >= 15 is 0 Å².